The molecule has 0 atom stereocenters. The van der Waals surface area contributed by atoms with Gasteiger partial charge in [0, 0.05) is 18.8 Å². The monoisotopic (exact) mass is 314 g/mol. The minimum Gasteiger partial charge on any atom is -0.492 e. The highest BCUT2D eigenvalue weighted by molar-refractivity contribution is 5.91. The van der Waals surface area contributed by atoms with Crippen LogP contribution in [0.1, 0.15) is 0 Å². The Balaban J connectivity index is 1.44. The van der Waals surface area contributed by atoms with E-state index in [0.717, 1.165) is 11.4 Å². The maximum atomic E-state index is 12.0. The molecule has 3 rings (SSSR count). The molecular weight excluding hydrogens is 296 g/mol. The number of ether oxygens (including phenoxy) is 3. The maximum Gasteiger partial charge on any atom is 0.321 e. The first kappa shape index (κ1) is 15.0. The number of urea groups is 1. The van der Waals surface area contributed by atoms with Crippen LogP contribution in [0.4, 0.5) is 10.5 Å². The Kier molecular flexibility index (Phi) is 4.52. The van der Waals surface area contributed by atoms with Crippen molar-refractivity contribution in [2.45, 2.75) is 0 Å². The molecule has 0 fully saturated rings. The summed E-state index contributed by atoms with van der Waals surface area (Å²) in [5, 5.41) is 2.81. The van der Waals surface area contributed by atoms with Crippen LogP contribution >= 0.6 is 0 Å². The second-order valence-electron chi connectivity index (χ2n) is 4.99. The molecule has 6 heteroatoms. The van der Waals surface area contributed by atoms with Crippen LogP contribution in [-0.2, 0) is 0 Å². The number of hydrogen-bond acceptors (Lipinski definition) is 4. The zero-order valence-electron chi connectivity index (χ0n) is 12.8. The summed E-state index contributed by atoms with van der Waals surface area (Å²) in [6, 6.07) is 14.7. The summed E-state index contributed by atoms with van der Waals surface area (Å²) in [6.07, 6.45) is 0. The average Bonchev–Trinajstić information content (AvgIpc) is 3.06. The molecule has 1 heterocycles. The maximum absolute atomic E-state index is 12.0. The first-order chi connectivity index (χ1) is 11.2. The van der Waals surface area contributed by atoms with Gasteiger partial charge in [0.15, 0.2) is 11.5 Å². The molecule has 0 saturated heterocycles. The summed E-state index contributed by atoms with van der Waals surface area (Å²) in [4.78, 5) is 13.6. The largest absolute Gasteiger partial charge is 0.492 e. The van der Waals surface area contributed by atoms with E-state index in [1.165, 1.54) is 0 Å². The van der Waals surface area contributed by atoms with Gasteiger partial charge in [0.1, 0.15) is 12.4 Å². The highest BCUT2D eigenvalue weighted by atomic mass is 16.7. The van der Waals surface area contributed by atoms with Crippen LogP contribution in [0.2, 0.25) is 0 Å². The normalized spacial score (nSPS) is 11.9. The van der Waals surface area contributed by atoms with Crippen molar-refractivity contribution in [3.05, 3.63) is 48.5 Å². The van der Waals surface area contributed by atoms with Gasteiger partial charge in [-0.3, -0.25) is 4.90 Å². The number of carbonyl (C=O) groups excluding carboxylic acids is 1. The van der Waals surface area contributed by atoms with E-state index in [4.69, 9.17) is 14.2 Å². The minimum absolute atomic E-state index is 0.175. The molecule has 6 nitrogen and oxygen atoms in total. The molecule has 23 heavy (non-hydrogen) atoms. The lowest BCUT2D eigenvalue weighted by molar-refractivity contribution is 0.173. The van der Waals surface area contributed by atoms with Gasteiger partial charge in [0.05, 0.1) is 6.54 Å². The Morgan fingerprint density at radius 1 is 1.17 bits per heavy atom. The Morgan fingerprint density at radius 2 is 1.96 bits per heavy atom. The summed E-state index contributed by atoms with van der Waals surface area (Å²) in [6.45, 7) is 1.01. The van der Waals surface area contributed by atoms with Crippen molar-refractivity contribution in [3.8, 4) is 17.2 Å². The van der Waals surface area contributed by atoms with Crippen molar-refractivity contribution in [2.75, 3.05) is 31.9 Å². The number of rotatable bonds is 5. The van der Waals surface area contributed by atoms with Crippen LogP contribution in [0.5, 0.6) is 17.2 Å². The first-order valence-electron chi connectivity index (χ1n) is 7.33. The number of anilines is 1. The smallest absolute Gasteiger partial charge is 0.321 e. The lowest BCUT2D eigenvalue weighted by Crippen LogP contribution is -2.39. The summed E-state index contributed by atoms with van der Waals surface area (Å²) < 4.78 is 16.1. The highest BCUT2D eigenvalue weighted by Crippen LogP contribution is 2.34. The fraction of sp³-hybridized carbons (Fsp3) is 0.235. The summed E-state index contributed by atoms with van der Waals surface area (Å²) in [7, 11) is 1.73. The van der Waals surface area contributed by atoms with Gasteiger partial charge >= 0.3 is 6.03 Å². The fourth-order valence-corrected chi connectivity index (χ4v) is 2.18. The topological polar surface area (TPSA) is 60.0 Å². The molecule has 0 aliphatic carbocycles. The molecule has 0 aromatic heterocycles. The van der Waals surface area contributed by atoms with E-state index < -0.39 is 0 Å². The Hall–Kier alpha value is -2.89. The molecule has 0 unspecified atom stereocenters. The SMILES string of the molecule is CN(C(=O)NCCOc1ccc2c(c1)OCO2)c1ccccc1. The molecule has 120 valence electrons. The number of nitrogens with zero attached hydrogens (tertiary/aromatic N) is 1. The number of hydrogen-bond donors (Lipinski definition) is 1. The van der Waals surface area contributed by atoms with Crippen molar-refractivity contribution in [2.24, 2.45) is 0 Å². The predicted molar refractivity (Wildman–Crippen MR) is 86.3 cm³/mol. The highest BCUT2D eigenvalue weighted by Gasteiger charge is 2.14. The van der Waals surface area contributed by atoms with Gasteiger partial charge in [0.25, 0.3) is 0 Å². The quantitative estimate of drug-likeness (QED) is 0.862. The van der Waals surface area contributed by atoms with Gasteiger partial charge in [-0.05, 0) is 24.3 Å². The lowest BCUT2D eigenvalue weighted by Gasteiger charge is -2.18. The molecule has 2 aromatic rings. The van der Waals surface area contributed by atoms with Crippen LogP contribution in [0.15, 0.2) is 48.5 Å². The minimum atomic E-state index is -0.175. The van der Waals surface area contributed by atoms with E-state index in [9.17, 15) is 4.79 Å². The molecule has 1 aliphatic rings. The number of nitrogens with one attached hydrogen (secondary N) is 1. The third-order valence-electron chi connectivity index (χ3n) is 3.44. The van der Waals surface area contributed by atoms with Gasteiger partial charge in [-0.15, -0.1) is 0 Å². The van der Waals surface area contributed by atoms with Gasteiger partial charge in [-0.2, -0.15) is 0 Å². The molecule has 0 saturated carbocycles. The van der Waals surface area contributed by atoms with Crippen LogP contribution in [0, 0.1) is 0 Å². The van der Waals surface area contributed by atoms with E-state index in [0.29, 0.717) is 24.7 Å². The molecule has 0 radical (unpaired) electrons. The first-order valence-corrected chi connectivity index (χ1v) is 7.33. The Bertz CT molecular complexity index is 676. The zero-order chi connectivity index (χ0) is 16.1. The molecule has 2 amide bonds. The van der Waals surface area contributed by atoms with Gasteiger partial charge < -0.3 is 19.5 Å². The molecular formula is C17H18N2O4. The van der Waals surface area contributed by atoms with Crippen molar-refractivity contribution in [3.63, 3.8) is 0 Å². The van der Waals surface area contributed by atoms with E-state index in [-0.39, 0.29) is 12.8 Å². The Labute approximate surface area is 134 Å². The second kappa shape index (κ2) is 6.91. The van der Waals surface area contributed by atoms with Gasteiger partial charge in [-0.25, -0.2) is 4.79 Å². The molecule has 0 spiro atoms. The van der Waals surface area contributed by atoms with Crippen LogP contribution in [-0.4, -0.2) is 33.0 Å². The summed E-state index contributed by atoms with van der Waals surface area (Å²) in [5.41, 5.74) is 0.835. The van der Waals surface area contributed by atoms with Crippen molar-refractivity contribution < 1.29 is 19.0 Å². The van der Waals surface area contributed by atoms with E-state index in [1.54, 1.807) is 24.1 Å². The number of para-hydroxylation sites is 1. The van der Waals surface area contributed by atoms with Crippen LogP contribution < -0.4 is 24.4 Å². The molecule has 2 aromatic carbocycles. The molecule has 0 bridgehead atoms. The van der Waals surface area contributed by atoms with Crippen LogP contribution in [0.3, 0.4) is 0 Å². The average molecular weight is 314 g/mol. The van der Waals surface area contributed by atoms with Crippen molar-refractivity contribution >= 4 is 11.7 Å². The number of carbonyl (C=O) groups is 1. The number of benzene rings is 2. The van der Waals surface area contributed by atoms with Crippen molar-refractivity contribution in [1.29, 1.82) is 0 Å². The fourth-order valence-electron chi connectivity index (χ4n) is 2.18. The van der Waals surface area contributed by atoms with Gasteiger partial charge in [0.2, 0.25) is 6.79 Å². The van der Waals surface area contributed by atoms with Gasteiger partial charge in [-0.1, -0.05) is 18.2 Å². The Morgan fingerprint density at radius 3 is 2.78 bits per heavy atom. The second-order valence-corrected chi connectivity index (χ2v) is 4.99. The standard InChI is InChI=1S/C17H18N2O4/c1-19(13-5-3-2-4-6-13)17(20)18-9-10-21-14-7-8-15-16(11-14)23-12-22-15/h2-8,11H,9-10,12H2,1H3,(H,18,20). The zero-order valence-corrected chi connectivity index (χ0v) is 12.8. The summed E-state index contributed by atoms with van der Waals surface area (Å²) in [5.74, 6) is 2.07. The predicted octanol–water partition coefficient (Wildman–Crippen LogP) is 2.64. The van der Waals surface area contributed by atoms with E-state index in [1.807, 2.05) is 36.4 Å². The summed E-state index contributed by atoms with van der Waals surface area (Å²) >= 11 is 0. The van der Waals surface area contributed by atoms with Crippen molar-refractivity contribution in [1.82, 2.24) is 5.32 Å². The number of fused-ring (bicyclic) bond motifs is 1. The molecule has 1 N–H and O–H groups in total. The van der Waals surface area contributed by atoms with Crippen LogP contribution in [0.25, 0.3) is 0 Å². The third-order valence-corrected chi connectivity index (χ3v) is 3.44. The molecule has 1 aliphatic heterocycles. The number of amides is 2. The van der Waals surface area contributed by atoms with E-state index >= 15 is 0 Å². The van der Waals surface area contributed by atoms with E-state index in [2.05, 4.69) is 5.32 Å². The third kappa shape index (κ3) is 3.66. The lowest BCUT2D eigenvalue weighted by atomic mass is 10.3.